The van der Waals surface area contributed by atoms with Crippen molar-refractivity contribution in [3.8, 4) is 0 Å². The number of hydrogen-bond acceptors (Lipinski definition) is 3. The highest BCUT2D eigenvalue weighted by Crippen LogP contribution is 2.19. The Bertz CT molecular complexity index is 282. The van der Waals surface area contributed by atoms with E-state index in [-0.39, 0.29) is 11.6 Å². The topological polar surface area (TPSA) is 53.6 Å². The van der Waals surface area contributed by atoms with Gasteiger partial charge in [-0.1, -0.05) is 12.8 Å². The fourth-order valence-corrected chi connectivity index (χ4v) is 3.10. The largest absolute Gasteiger partial charge is 0.383 e. The van der Waals surface area contributed by atoms with Gasteiger partial charge in [-0.3, -0.25) is 0 Å². The Kier molecular flexibility index (Phi) is 5.45. The standard InChI is InChI=1S/C14H27N3O2/c1-19-12-14(7-6-8-16-14)11-15-13(18)17-9-4-2-3-5-10-17/h16H,2-12H2,1H3,(H,15,18). The Morgan fingerprint density at radius 1 is 1.26 bits per heavy atom. The van der Waals surface area contributed by atoms with Gasteiger partial charge in [-0.25, -0.2) is 4.79 Å². The highest BCUT2D eigenvalue weighted by molar-refractivity contribution is 5.74. The van der Waals surface area contributed by atoms with Crippen molar-refractivity contribution in [2.75, 3.05) is 39.9 Å². The Balaban J connectivity index is 1.80. The minimum absolute atomic E-state index is 0.0593. The summed E-state index contributed by atoms with van der Waals surface area (Å²) in [4.78, 5) is 14.2. The molecular formula is C14H27N3O2. The van der Waals surface area contributed by atoms with E-state index >= 15 is 0 Å². The van der Waals surface area contributed by atoms with E-state index < -0.39 is 0 Å². The zero-order chi connectivity index (χ0) is 13.6. The normalized spacial score (nSPS) is 28.2. The molecule has 0 aromatic carbocycles. The van der Waals surface area contributed by atoms with Crippen LogP contribution in [0.3, 0.4) is 0 Å². The molecule has 5 heteroatoms. The Labute approximate surface area is 116 Å². The van der Waals surface area contributed by atoms with Gasteiger partial charge in [-0.05, 0) is 32.2 Å². The van der Waals surface area contributed by atoms with Crippen LogP contribution >= 0.6 is 0 Å². The Morgan fingerprint density at radius 2 is 2.00 bits per heavy atom. The van der Waals surface area contributed by atoms with Crippen molar-refractivity contribution < 1.29 is 9.53 Å². The molecule has 2 fully saturated rings. The van der Waals surface area contributed by atoms with Crippen LogP contribution in [0.5, 0.6) is 0 Å². The molecule has 2 saturated heterocycles. The predicted molar refractivity (Wildman–Crippen MR) is 75.3 cm³/mol. The summed E-state index contributed by atoms with van der Waals surface area (Å²) in [7, 11) is 1.72. The van der Waals surface area contributed by atoms with Crippen LogP contribution in [0.25, 0.3) is 0 Å². The maximum absolute atomic E-state index is 12.2. The summed E-state index contributed by atoms with van der Waals surface area (Å²) >= 11 is 0. The van der Waals surface area contributed by atoms with Crippen molar-refractivity contribution >= 4 is 6.03 Å². The lowest BCUT2D eigenvalue weighted by Crippen LogP contribution is -2.55. The molecule has 110 valence electrons. The third-order valence-electron chi connectivity index (χ3n) is 4.22. The van der Waals surface area contributed by atoms with Gasteiger partial charge in [0.15, 0.2) is 0 Å². The number of nitrogens with zero attached hydrogens (tertiary/aromatic N) is 1. The minimum atomic E-state index is -0.0593. The summed E-state index contributed by atoms with van der Waals surface area (Å²) in [5, 5.41) is 6.58. The van der Waals surface area contributed by atoms with Crippen molar-refractivity contribution in [2.24, 2.45) is 0 Å². The number of methoxy groups -OCH3 is 1. The van der Waals surface area contributed by atoms with E-state index in [1.165, 1.54) is 12.8 Å². The molecule has 0 aliphatic carbocycles. The van der Waals surface area contributed by atoms with Crippen molar-refractivity contribution in [3.05, 3.63) is 0 Å². The second-order valence-corrected chi connectivity index (χ2v) is 5.80. The molecule has 2 aliphatic heterocycles. The van der Waals surface area contributed by atoms with Crippen LogP contribution in [0.15, 0.2) is 0 Å². The van der Waals surface area contributed by atoms with Gasteiger partial charge in [0.25, 0.3) is 0 Å². The highest BCUT2D eigenvalue weighted by Gasteiger charge is 2.34. The number of urea groups is 1. The van der Waals surface area contributed by atoms with Crippen LogP contribution in [-0.2, 0) is 4.74 Å². The number of amides is 2. The van der Waals surface area contributed by atoms with Gasteiger partial charge < -0.3 is 20.3 Å². The van der Waals surface area contributed by atoms with Crippen molar-refractivity contribution in [1.82, 2.24) is 15.5 Å². The molecule has 0 bridgehead atoms. The zero-order valence-corrected chi connectivity index (χ0v) is 12.0. The van der Waals surface area contributed by atoms with E-state index in [2.05, 4.69) is 10.6 Å². The molecule has 0 saturated carbocycles. The molecule has 1 atom stereocenters. The summed E-state index contributed by atoms with van der Waals surface area (Å²) < 4.78 is 5.30. The number of carbonyl (C=O) groups excluding carboxylic acids is 1. The molecule has 0 aromatic heterocycles. The fourth-order valence-electron chi connectivity index (χ4n) is 3.10. The molecule has 0 aromatic rings. The number of hydrogen-bond donors (Lipinski definition) is 2. The van der Waals surface area contributed by atoms with Crippen LogP contribution in [0.1, 0.15) is 38.5 Å². The van der Waals surface area contributed by atoms with E-state index in [1.54, 1.807) is 7.11 Å². The average molecular weight is 269 g/mol. The van der Waals surface area contributed by atoms with Crippen molar-refractivity contribution in [2.45, 2.75) is 44.1 Å². The first-order valence-corrected chi connectivity index (χ1v) is 7.52. The summed E-state index contributed by atoms with van der Waals surface area (Å²) in [5.41, 5.74) is -0.0593. The second kappa shape index (κ2) is 7.10. The summed E-state index contributed by atoms with van der Waals surface area (Å²) in [6, 6.07) is 0.0890. The van der Waals surface area contributed by atoms with Crippen LogP contribution in [0, 0.1) is 0 Å². The third-order valence-corrected chi connectivity index (χ3v) is 4.22. The fraction of sp³-hybridized carbons (Fsp3) is 0.929. The van der Waals surface area contributed by atoms with Gasteiger partial charge in [0.1, 0.15) is 0 Å². The molecule has 1 unspecified atom stereocenters. The molecule has 2 heterocycles. The number of rotatable bonds is 4. The molecule has 0 spiro atoms. The van der Waals surface area contributed by atoms with Gasteiger partial charge in [0.2, 0.25) is 0 Å². The van der Waals surface area contributed by atoms with Gasteiger partial charge >= 0.3 is 6.03 Å². The summed E-state index contributed by atoms with van der Waals surface area (Å²) in [6.07, 6.45) is 6.99. The lowest BCUT2D eigenvalue weighted by Gasteiger charge is -2.30. The summed E-state index contributed by atoms with van der Waals surface area (Å²) in [6.45, 7) is 4.14. The predicted octanol–water partition coefficient (Wildman–Crippen LogP) is 1.34. The first kappa shape index (κ1) is 14.6. The quantitative estimate of drug-likeness (QED) is 0.810. The summed E-state index contributed by atoms with van der Waals surface area (Å²) in [5.74, 6) is 0. The number of ether oxygens (including phenoxy) is 1. The molecule has 2 rings (SSSR count). The van der Waals surface area contributed by atoms with Crippen LogP contribution in [0.4, 0.5) is 4.79 Å². The molecular weight excluding hydrogens is 242 g/mol. The molecule has 2 N–H and O–H groups in total. The number of carbonyl (C=O) groups is 1. The van der Waals surface area contributed by atoms with E-state index in [0.29, 0.717) is 13.2 Å². The molecule has 0 radical (unpaired) electrons. The minimum Gasteiger partial charge on any atom is -0.383 e. The SMILES string of the molecule is COCC1(CNC(=O)N2CCCCCC2)CCCN1. The van der Waals surface area contributed by atoms with Gasteiger partial charge in [-0.2, -0.15) is 0 Å². The van der Waals surface area contributed by atoms with Crippen molar-refractivity contribution in [1.29, 1.82) is 0 Å². The Hall–Kier alpha value is -0.810. The van der Waals surface area contributed by atoms with Crippen LogP contribution in [0.2, 0.25) is 0 Å². The molecule has 2 amide bonds. The van der Waals surface area contributed by atoms with E-state index in [4.69, 9.17) is 4.74 Å². The van der Waals surface area contributed by atoms with E-state index in [9.17, 15) is 4.79 Å². The first-order chi connectivity index (χ1) is 9.26. The zero-order valence-electron chi connectivity index (χ0n) is 12.0. The van der Waals surface area contributed by atoms with Crippen molar-refractivity contribution in [3.63, 3.8) is 0 Å². The van der Waals surface area contributed by atoms with Crippen LogP contribution < -0.4 is 10.6 Å². The van der Waals surface area contributed by atoms with E-state index in [1.807, 2.05) is 4.90 Å². The average Bonchev–Trinajstić information content (AvgIpc) is 2.71. The second-order valence-electron chi connectivity index (χ2n) is 5.80. The monoisotopic (exact) mass is 269 g/mol. The lowest BCUT2D eigenvalue weighted by molar-refractivity contribution is 0.118. The number of likely N-dealkylation sites (tertiary alicyclic amines) is 1. The molecule has 5 nitrogen and oxygen atoms in total. The maximum Gasteiger partial charge on any atom is 0.317 e. The van der Waals surface area contributed by atoms with E-state index in [0.717, 1.165) is 45.3 Å². The highest BCUT2D eigenvalue weighted by atomic mass is 16.5. The number of nitrogens with one attached hydrogen (secondary N) is 2. The molecule has 19 heavy (non-hydrogen) atoms. The van der Waals surface area contributed by atoms with Crippen LogP contribution in [-0.4, -0.2) is 56.4 Å². The maximum atomic E-state index is 12.2. The Morgan fingerprint density at radius 3 is 2.58 bits per heavy atom. The van der Waals surface area contributed by atoms with Gasteiger partial charge in [0, 0.05) is 26.7 Å². The first-order valence-electron chi connectivity index (χ1n) is 7.52. The van der Waals surface area contributed by atoms with Gasteiger partial charge in [0.05, 0.1) is 12.1 Å². The smallest absolute Gasteiger partial charge is 0.317 e. The lowest BCUT2D eigenvalue weighted by atomic mass is 9.99. The molecule has 2 aliphatic rings. The van der Waals surface area contributed by atoms with Gasteiger partial charge in [-0.15, -0.1) is 0 Å². The third kappa shape index (κ3) is 4.08.